The summed E-state index contributed by atoms with van der Waals surface area (Å²) >= 11 is 0. The fourth-order valence-electron chi connectivity index (χ4n) is 1.91. The molecule has 3 N–H and O–H groups in total. The number of carbonyl (C=O) groups excluding carboxylic acids is 1. The molecule has 0 spiro atoms. The molecule has 1 aromatic rings. The highest BCUT2D eigenvalue weighted by molar-refractivity contribution is 5.75. The summed E-state index contributed by atoms with van der Waals surface area (Å²) in [6, 6.07) is 8.43. The lowest BCUT2D eigenvalue weighted by atomic mass is 10.1. The summed E-state index contributed by atoms with van der Waals surface area (Å²) in [6.45, 7) is 6.60. The topological polar surface area (TPSA) is 58.4 Å². The predicted octanol–water partition coefficient (Wildman–Crippen LogP) is 1.88. The minimum Gasteiger partial charge on any atom is -0.352 e. The smallest absolute Gasteiger partial charge is 0.220 e. The summed E-state index contributed by atoms with van der Waals surface area (Å²) in [6.07, 6.45) is 1.23. The zero-order valence-corrected chi connectivity index (χ0v) is 12.9. The van der Waals surface area contributed by atoms with Crippen LogP contribution in [-0.4, -0.2) is 30.4 Å². The fourth-order valence-corrected chi connectivity index (χ4v) is 1.91. The molecular weight excluding hydrogens is 250 g/mol. The highest BCUT2D eigenvalue weighted by atomic mass is 16.1. The number of amides is 1. The molecule has 1 unspecified atom stereocenters. The Hall–Kier alpha value is -1.39. The van der Waals surface area contributed by atoms with Crippen LogP contribution in [-0.2, 0) is 17.9 Å². The second kappa shape index (κ2) is 8.72. The molecule has 0 aliphatic rings. The molecule has 112 valence electrons. The van der Waals surface area contributed by atoms with Gasteiger partial charge in [0.05, 0.1) is 0 Å². The van der Waals surface area contributed by atoms with Crippen molar-refractivity contribution in [1.82, 2.24) is 10.2 Å². The van der Waals surface area contributed by atoms with Crippen molar-refractivity contribution in [2.75, 3.05) is 13.6 Å². The normalized spacial score (nSPS) is 12.4. The van der Waals surface area contributed by atoms with Crippen LogP contribution < -0.4 is 11.1 Å². The van der Waals surface area contributed by atoms with Crippen molar-refractivity contribution in [1.29, 1.82) is 0 Å². The van der Waals surface area contributed by atoms with Gasteiger partial charge in [0.15, 0.2) is 0 Å². The number of nitrogens with two attached hydrogens (primary N) is 1. The molecule has 0 aromatic heterocycles. The minimum atomic E-state index is 0.0679. The van der Waals surface area contributed by atoms with Gasteiger partial charge in [-0.15, -0.1) is 0 Å². The third-order valence-electron chi connectivity index (χ3n) is 3.30. The molecule has 0 aliphatic carbocycles. The standard InChI is InChI=1S/C16H27N3O/c1-4-19(3)12-15-7-5-6-14(10-15)11-18-16(20)9-8-13(2)17/h5-7,10,13H,4,8-9,11-12,17H2,1-3H3,(H,18,20). The zero-order chi connectivity index (χ0) is 15.0. The molecule has 0 saturated carbocycles. The van der Waals surface area contributed by atoms with Crippen molar-refractivity contribution in [3.63, 3.8) is 0 Å². The Labute approximate surface area is 122 Å². The second-order valence-electron chi connectivity index (χ2n) is 5.44. The van der Waals surface area contributed by atoms with E-state index in [9.17, 15) is 4.79 Å². The molecule has 1 amide bonds. The molecule has 0 saturated heterocycles. The number of hydrogen-bond acceptors (Lipinski definition) is 3. The van der Waals surface area contributed by atoms with Gasteiger partial charge in [0.1, 0.15) is 0 Å². The number of benzene rings is 1. The maximum atomic E-state index is 11.7. The molecular formula is C16H27N3O. The molecule has 0 radical (unpaired) electrons. The Bertz CT molecular complexity index is 418. The lowest BCUT2D eigenvalue weighted by Gasteiger charge is -2.14. The van der Waals surface area contributed by atoms with Crippen molar-refractivity contribution in [3.8, 4) is 0 Å². The molecule has 4 nitrogen and oxygen atoms in total. The van der Waals surface area contributed by atoms with Gasteiger partial charge in [-0.25, -0.2) is 0 Å². The molecule has 20 heavy (non-hydrogen) atoms. The van der Waals surface area contributed by atoms with E-state index in [0.717, 1.165) is 25.1 Å². The molecule has 4 heteroatoms. The lowest BCUT2D eigenvalue weighted by Crippen LogP contribution is -2.25. The van der Waals surface area contributed by atoms with Crippen LogP contribution in [0.5, 0.6) is 0 Å². The molecule has 0 aliphatic heterocycles. The summed E-state index contributed by atoms with van der Waals surface area (Å²) < 4.78 is 0. The van der Waals surface area contributed by atoms with Gasteiger partial charge in [-0.05, 0) is 38.1 Å². The zero-order valence-electron chi connectivity index (χ0n) is 12.9. The van der Waals surface area contributed by atoms with Gasteiger partial charge in [-0.1, -0.05) is 31.2 Å². The van der Waals surface area contributed by atoms with E-state index in [0.29, 0.717) is 13.0 Å². The predicted molar refractivity (Wildman–Crippen MR) is 83.2 cm³/mol. The number of carbonyl (C=O) groups is 1. The van der Waals surface area contributed by atoms with E-state index >= 15 is 0 Å². The van der Waals surface area contributed by atoms with E-state index in [-0.39, 0.29) is 11.9 Å². The Balaban J connectivity index is 2.44. The Morgan fingerprint density at radius 2 is 2.10 bits per heavy atom. The molecule has 0 fully saturated rings. The van der Waals surface area contributed by atoms with Gasteiger partial charge < -0.3 is 16.0 Å². The van der Waals surface area contributed by atoms with Crippen molar-refractivity contribution < 1.29 is 4.79 Å². The molecule has 1 aromatic carbocycles. The quantitative estimate of drug-likeness (QED) is 0.763. The van der Waals surface area contributed by atoms with Crippen LogP contribution in [0.15, 0.2) is 24.3 Å². The first kappa shape index (κ1) is 16.7. The average molecular weight is 277 g/mol. The number of nitrogens with zero attached hydrogens (tertiary/aromatic N) is 1. The first-order valence-electron chi connectivity index (χ1n) is 7.30. The van der Waals surface area contributed by atoms with Gasteiger partial charge >= 0.3 is 0 Å². The van der Waals surface area contributed by atoms with E-state index < -0.39 is 0 Å². The van der Waals surface area contributed by atoms with Gasteiger partial charge in [0.2, 0.25) is 5.91 Å². The second-order valence-corrected chi connectivity index (χ2v) is 5.44. The van der Waals surface area contributed by atoms with E-state index in [1.807, 2.05) is 19.1 Å². The number of rotatable bonds is 8. The first-order chi connectivity index (χ1) is 9.51. The van der Waals surface area contributed by atoms with Gasteiger partial charge in [0, 0.05) is 25.6 Å². The Morgan fingerprint density at radius 1 is 1.40 bits per heavy atom. The van der Waals surface area contributed by atoms with Crippen LogP contribution in [0.4, 0.5) is 0 Å². The van der Waals surface area contributed by atoms with Crippen LogP contribution in [0, 0.1) is 0 Å². The highest BCUT2D eigenvalue weighted by Gasteiger charge is 2.04. The highest BCUT2D eigenvalue weighted by Crippen LogP contribution is 2.07. The summed E-state index contributed by atoms with van der Waals surface area (Å²) in [5, 5.41) is 2.94. The van der Waals surface area contributed by atoms with Crippen molar-refractivity contribution in [2.45, 2.75) is 45.8 Å². The Kier molecular flexibility index (Phi) is 7.26. The van der Waals surface area contributed by atoms with Gasteiger partial charge in [-0.2, -0.15) is 0 Å². The molecule has 1 rings (SSSR count). The summed E-state index contributed by atoms with van der Waals surface area (Å²) in [5.41, 5.74) is 8.06. The number of hydrogen-bond donors (Lipinski definition) is 2. The van der Waals surface area contributed by atoms with Crippen molar-refractivity contribution in [3.05, 3.63) is 35.4 Å². The third kappa shape index (κ3) is 6.68. The summed E-state index contributed by atoms with van der Waals surface area (Å²) in [7, 11) is 2.10. The molecule has 0 heterocycles. The van der Waals surface area contributed by atoms with E-state index in [1.54, 1.807) is 0 Å². The monoisotopic (exact) mass is 277 g/mol. The maximum absolute atomic E-state index is 11.7. The minimum absolute atomic E-state index is 0.0679. The van der Waals surface area contributed by atoms with Crippen LogP contribution in [0.25, 0.3) is 0 Å². The van der Waals surface area contributed by atoms with Crippen molar-refractivity contribution in [2.24, 2.45) is 5.73 Å². The van der Waals surface area contributed by atoms with Gasteiger partial charge in [0.25, 0.3) is 0 Å². The van der Waals surface area contributed by atoms with Crippen LogP contribution in [0.1, 0.15) is 37.8 Å². The SMILES string of the molecule is CCN(C)Cc1cccc(CNC(=O)CCC(C)N)c1. The Morgan fingerprint density at radius 3 is 2.75 bits per heavy atom. The maximum Gasteiger partial charge on any atom is 0.220 e. The largest absolute Gasteiger partial charge is 0.352 e. The average Bonchev–Trinajstić information content (AvgIpc) is 2.43. The van der Waals surface area contributed by atoms with Gasteiger partial charge in [-0.3, -0.25) is 4.79 Å². The van der Waals surface area contributed by atoms with Crippen LogP contribution in [0.3, 0.4) is 0 Å². The van der Waals surface area contributed by atoms with Crippen molar-refractivity contribution >= 4 is 5.91 Å². The first-order valence-corrected chi connectivity index (χ1v) is 7.30. The lowest BCUT2D eigenvalue weighted by molar-refractivity contribution is -0.121. The van der Waals surface area contributed by atoms with Crippen LogP contribution in [0.2, 0.25) is 0 Å². The summed E-state index contributed by atoms with van der Waals surface area (Å²) in [4.78, 5) is 13.9. The number of nitrogens with one attached hydrogen (secondary N) is 1. The van der Waals surface area contributed by atoms with E-state index in [1.165, 1.54) is 5.56 Å². The van der Waals surface area contributed by atoms with Crippen LogP contribution >= 0.6 is 0 Å². The van der Waals surface area contributed by atoms with E-state index in [2.05, 4.69) is 36.3 Å². The third-order valence-corrected chi connectivity index (χ3v) is 3.30. The summed E-state index contributed by atoms with van der Waals surface area (Å²) in [5.74, 6) is 0.0679. The van der Waals surface area contributed by atoms with E-state index in [4.69, 9.17) is 5.73 Å². The molecule has 0 bridgehead atoms. The molecule has 1 atom stereocenters. The fraction of sp³-hybridized carbons (Fsp3) is 0.562.